The van der Waals surface area contributed by atoms with Crippen LogP contribution in [0.15, 0.2) is 24.5 Å². The van der Waals surface area contributed by atoms with Gasteiger partial charge >= 0.3 is 5.97 Å². The summed E-state index contributed by atoms with van der Waals surface area (Å²) < 4.78 is 6.37. The van der Waals surface area contributed by atoms with E-state index in [1.54, 1.807) is 36.1 Å². The third-order valence-corrected chi connectivity index (χ3v) is 2.59. The molecule has 0 saturated heterocycles. The largest absolute Gasteiger partial charge is 0.463 e. The molecule has 0 radical (unpaired) electrons. The second-order valence-electron chi connectivity index (χ2n) is 3.96. The Kier molecular flexibility index (Phi) is 4.09. The molecule has 0 aliphatic rings. The van der Waals surface area contributed by atoms with Gasteiger partial charge in [0.2, 0.25) is 0 Å². The SMILES string of the molecule is CCOC(=O)C=Cc1cnn(-c2nccc(N)n2)c1C. The molecule has 0 bridgehead atoms. The fourth-order valence-corrected chi connectivity index (χ4v) is 1.60. The van der Waals surface area contributed by atoms with Crippen LogP contribution in [0.1, 0.15) is 18.2 Å². The lowest BCUT2D eigenvalue weighted by molar-refractivity contribution is -0.137. The number of nitrogens with zero attached hydrogens (tertiary/aromatic N) is 4. The zero-order valence-corrected chi connectivity index (χ0v) is 11.3. The Morgan fingerprint density at radius 3 is 3.05 bits per heavy atom. The Morgan fingerprint density at radius 2 is 2.35 bits per heavy atom. The van der Waals surface area contributed by atoms with E-state index in [1.807, 2.05) is 6.92 Å². The number of carbonyl (C=O) groups is 1. The second-order valence-corrected chi connectivity index (χ2v) is 3.96. The Hall–Kier alpha value is -2.70. The van der Waals surface area contributed by atoms with Gasteiger partial charge in [0.25, 0.3) is 5.95 Å². The van der Waals surface area contributed by atoms with Crippen LogP contribution in [0.2, 0.25) is 0 Å². The highest BCUT2D eigenvalue weighted by Gasteiger charge is 2.08. The van der Waals surface area contributed by atoms with E-state index in [2.05, 4.69) is 15.1 Å². The summed E-state index contributed by atoms with van der Waals surface area (Å²) in [5.74, 6) is 0.367. The van der Waals surface area contributed by atoms with Crippen molar-refractivity contribution in [2.24, 2.45) is 0 Å². The first kappa shape index (κ1) is 13.7. The Balaban J connectivity index is 2.25. The fourth-order valence-electron chi connectivity index (χ4n) is 1.60. The van der Waals surface area contributed by atoms with E-state index in [1.165, 1.54) is 6.08 Å². The molecule has 2 aromatic heterocycles. The van der Waals surface area contributed by atoms with Gasteiger partial charge in [0.1, 0.15) is 5.82 Å². The van der Waals surface area contributed by atoms with E-state index in [0.717, 1.165) is 11.3 Å². The summed E-state index contributed by atoms with van der Waals surface area (Å²) in [4.78, 5) is 19.5. The topological polar surface area (TPSA) is 95.9 Å². The van der Waals surface area contributed by atoms with Gasteiger partial charge in [0, 0.05) is 17.8 Å². The predicted molar refractivity (Wildman–Crippen MR) is 74.0 cm³/mol. The van der Waals surface area contributed by atoms with Crippen LogP contribution in [0.3, 0.4) is 0 Å². The number of hydrogen-bond donors (Lipinski definition) is 1. The third-order valence-electron chi connectivity index (χ3n) is 2.59. The van der Waals surface area contributed by atoms with E-state index in [0.29, 0.717) is 18.4 Å². The average Bonchev–Trinajstić information content (AvgIpc) is 2.78. The van der Waals surface area contributed by atoms with Crippen LogP contribution in [-0.2, 0) is 9.53 Å². The molecule has 104 valence electrons. The minimum atomic E-state index is -0.389. The second kappa shape index (κ2) is 5.96. The van der Waals surface area contributed by atoms with Crippen molar-refractivity contribution in [3.05, 3.63) is 35.8 Å². The van der Waals surface area contributed by atoms with Gasteiger partial charge in [0.05, 0.1) is 18.5 Å². The molecule has 2 rings (SSSR count). The molecular formula is C13H15N5O2. The lowest BCUT2D eigenvalue weighted by atomic mass is 10.2. The third kappa shape index (κ3) is 3.00. The van der Waals surface area contributed by atoms with Crippen LogP contribution in [0, 0.1) is 6.92 Å². The van der Waals surface area contributed by atoms with E-state index in [4.69, 9.17) is 10.5 Å². The van der Waals surface area contributed by atoms with Crippen LogP contribution in [0.5, 0.6) is 0 Å². The minimum absolute atomic E-state index is 0.346. The average molecular weight is 273 g/mol. The Bertz CT molecular complexity index is 648. The lowest BCUT2D eigenvalue weighted by Gasteiger charge is -2.02. The van der Waals surface area contributed by atoms with Crippen molar-refractivity contribution in [2.45, 2.75) is 13.8 Å². The molecule has 2 heterocycles. The first-order valence-electron chi connectivity index (χ1n) is 6.10. The maximum Gasteiger partial charge on any atom is 0.330 e. The zero-order chi connectivity index (χ0) is 14.5. The van der Waals surface area contributed by atoms with Crippen LogP contribution in [-0.4, -0.2) is 32.3 Å². The molecule has 0 saturated carbocycles. The molecule has 0 amide bonds. The highest BCUT2D eigenvalue weighted by molar-refractivity contribution is 5.87. The predicted octanol–water partition coefficient (Wildman–Crippen LogP) is 1.13. The summed E-state index contributed by atoms with van der Waals surface area (Å²) in [6, 6.07) is 1.60. The van der Waals surface area contributed by atoms with Crippen LogP contribution in [0.4, 0.5) is 5.82 Å². The first-order chi connectivity index (χ1) is 9.61. The quantitative estimate of drug-likeness (QED) is 0.662. The molecule has 0 spiro atoms. The summed E-state index contributed by atoms with van der Waals surface area (Å²) in [5, 5.41) is 4.18. The van der Waals surface area contributed by atoms with Crippen molar-refractivity contribution in [3.63, 3.8) is 0 Å². The van der Waals surface area contributed by atoms with E-state index < -0.39 is 0 Å². The normalized spacial score (nSPS) is 10.9. The van der Waals surface area contributed by atoms with Gasteiger partial charge in [-0.05, 0) is 26.0 Å². The van der Waals surface area contributed by atoms with Crippen molar-refractivity contribution >= 4 is 17.9 Å². The fraction of sp³-hybridized carbons (Fsp3) is 0.231. The minimum Gasteiger partial charge on any atom is -0.463 e. The number of aromatic nitrogens is 4. The number of anilines is 1. The zero-order valence-electron chi connectivity index (χ0n) is 11.3. The van der Waals surface area contributed by atoms with Crippen molar-refractivity contribution in [1.82, 2.24) is 19.7 Å². The Labute approximate surface area is 116 Å². The van der Waals surface area contributed by atoms with Gasteiger partial charge in [-0.1, -0.05) is 0 Å². The van der Waals surface area contributed by atoms with E-state index in [9.17, 15) is 4.79 Å². The molecule has 2 aromatic rings. The van der Waals surface area contributed by atoms with E-state index in [-0.39, 0.29) is 5.97 Å². The van der Waals surface area contributed by atoms with E-state index >= 15 is 0 Å². The summed E-state index contributed by atoms with van der Waals surface area (Å²) in [7, 11) is 0. The monoisotopic (exact) mass is 273 g/mol. The number of nitrogen functional groups attached to an aromatic ring is 1. The molecule has 2 N–H and O–H groups in total. The molecule has 0 unspecified atom stereocenters. The maximum atomic E-state index is 11.3. The number of carbonyl (C=O) groups excluding carboxylic acids is 1. The van der Waals surface area contributed by atoms with Crippen LogP contribution >= 0.6 is 0 Å². The molecule has 0 atom stereocenters. The Morgan fingerprint density at radius 1 is 1.55 bits per heavy atom. The van der Waals surface area contributed by atoms with Gasteiger partial charge in [-0.2, -0.15) is 10.1 Å². The van der Waals surface area contributed by atoms with Crippen LogP contribution in [0.25, 0.3) is 12.0 Å². The standard InChI is InChI=1S/C13H15N5O2/c1-3-20-12(19)5-4-10-8-16-18(9(10)2)13-15-7-6-11(14)17-13/h4-8H,3H2,1-2H3,(H2,14,15,17). The molecule has 7 heteroatoms. The first-order valence-corrected chi connectivity index (χ1v) is 6.10. The molecule has 0 fully saturated rings. The number of nitrogens with two attached hydrogens (primary N) is 1. The number of ether oxygens (including phenoxy) is 1. The summed E-state index contributed by atoms with van der Waals surface area (Å²) in [6.45, 7) is 3.95. The highest BCUT2D eigenvalue weighted by atomic mass is 16.5. The van der Waals surface area contributed by atoms with Crippen molar-refractivity contribution in [2.75, 3.05) is 12.3 Å². The number of rotatable bonds is 4. The lowest BCUT2D eigenvalue weighted by Crippen LogP contribution is -2.06. The molecule has 0 aliphatic heterocycles. The van der Waals surface area contributed by atoms with Gasteiger partial charge in [-0.15, -0.1) is 0 Å². The molecule has 0 aliphatic carbocycles. The molecule has 0 aromatic carbocycles. The summed E-state index contributed by atoms with van der Waals surface area (Å²) >= 11 is 0. The smallest absolute Gasteiger partial charge is 0.330 e. The molecule has 20 heavy (non-hydrogen) atoms. The van der Waals surface area contributed by atoms with Gasteiger partial charge in [-0.25, -0.2) is 14.5 Å². The van der Waals surface area contributed by atoms with Gasteiger partial charge in [-0.3, -0.25) is 0 Å². The van der Waals surface area contributed by atoms with Gasteiger partial charge < -0.3 is 10.5 Å². The number of esters is 1. The van der Waals surface area contributed by atoms with Crippen molar-refractivity contribution < 1.29 is 9.53 Å². The van der Waals surface area contributed by atoms with Gasteiger partial charge in [0.15, 0.2) is 0 Å². The molecular weight excluding hydrogens is 258 g/mol. The number of hydrogen-bond acceptors (Lipinski definition) is 6. The van der Waals surface area contributed by atoms with Crippen LogP contribution < -0.4 is 5.73 Å². The van der Waals surface area contributed by atoms with Crippen molar-refractivity contribution in [1.29, 1.82) is 0 Å². The maximum absolute atomic E-state index is 11.3. The highest BCUT2D eigenvalue weighted by Crippen LogP contribution is 2.13. The summed E-state index contributed by atoms with van der Waals surface area (Å²) in [6.07, 6.45) is 6.19. The summed E-state index contributed by atoms with van der Waals surface area (Å²) in [5.41, 5.74) is 7.20. The molecule has 7 nitrogen and oxygen atoms in total. The van der Waals surface area contributed by atoms with Crippen molar-refractivity contribution in [3.8, 4) is 5.95 Å².